The fourth-order valence-corrected chi connectivity index (χ4v) is 3.09. The predicted octanol–water partition coefficient (Wildman–Crippen LogP) is 3.73. The van der Waals surface area contributed by atoms with Gasteiger partial charge in [0.25, 0.3) is 0 Å². The minimum absolute atomic E-state index is 0.0518. The molecule has 2 aromatic heterocycles. The summed E-state index contributed by atoms with van der Waals surface area (Å²) in [6, 6.07) is 3.89. The molecule has 6 heteroatoms. The molecule has 0 aliphatic heterocycles. The van der Waals surface area contributed by atoms with Crippen molar-refractivity contribution in [1.29, 1.82) is 0 Å². The zero-order valence-corrected chi connectivity index (χ0v) is 13.0. The summed E-state index contributed by atoms with van der Waals surface area (Å²) in [5, 5.41) is 5.88. The number of thiazole rings is 1. The van der Waals surface area contributed by atoms with E-state index in [1.54, 1.807) is 23.8 Å². The van der Waals surface area contributed by atoms with E-state index in [0.29, 0.717) is 6.04 Å². The largest absolute Gasteiger partial charge is 0.467 e. The zero-order chi connectivity index (χ0) is 14.8. The molecule has 2 unspecified atom stereocenters. The van der Waals surface area contributed by atoms with Crippen LogP contribution in [0.15, 0.2) is 34.4 Å². The molecule has 2 amide bonds. The number of urea groups is 1. The molecule has 1 fully saturated rings. The Morgan fingerprint density at radius 2 is 2.33 bits per heavy atom. The number of hydrogen-bond acceptors (Lipinski definition) is 4. The van der Waals surface area contributed by atoms with Crippen molar-refractivity contribution in [2.75, 3.05) is 0 Å². The second-order valence-corrected chi connectivity index (χ2v) is 6.30. The maximum Gasteiger partial charge on any atom is 0.318 e. The minimum Gasteiger partial charge on any atom is -0.467 e. The van der Waals surface area contributed by atoms with Crippen molar-refractivity contribution in [2.24, 2.45) is 0 Å². The summed E-state index contributed by atoms with van der Waals surface area (Å²) in [5.74, 6) is 0.818. The molecule has 2 heterocycles. The Balaban J connectivity index is 1.70. The Morgan fingerprint density at radius 3 is 2.90 bits per heavy atom. The highest BCUT2D eigenvalue weighted by molar-refractivity contribution is 7.09. The Morgan fingerprint density at radius 1 is 1.52 bits per heavy atom. The van der Waals surface area contributed by atoms with Crippen molar-refractivity contribution < 1.29 is 9.21 Å². The number of carbonyl (C=O) groups excluding carboxylic acids is 1. The monoisotopic (exact) mass is 305 g/mol. The van der Waals surface area contributed by atoms with Gasteiger partial charge in [-0.2, -0.15) is 0 Å². The van der Waals surface area contributed by atoms with Crippen LogP contribution in [0.4, 0.5) is 4.79 Å². The Bertz CT molecular complexity index is 578. The van der Waals surface area contributed by atoms with Crippen LogP contribution in [0.1, 0.15) is 49.5 Å². The van der Waals surface area contributed by atoms with Gasteiger partial charge in [-0.3, -0.25) is 0 Å². The molecule has 0 radical (unpaired) electrons. The number of nitrogens with zero attached hydrogens (tertiary/aromatic N) is 2. The molecule has 1 aliphatic rings. The van der Waals surface area contributed by atoms with Gasteiger partial charge in [-0.05, 0) is 38.8 Å². The molecule has 1 aliphatic carbocycles. The van der Waals surface area contributed by atoms with Gasteiger partial charge >= 0.3 is 6.03 Å². The summed E-state index contributed by atoms with van der Waals surface area (Å²) < 4.78 is 5.45. The highest BCUT2D eigenvalue weighted by Crippen LogP contribution is 2.34. The second kappa shape index (κ2) is 5.89. The van der Waals surface area contributed by atoms with E-state index >= 15 is 0 Å². The van der Waals surface area contributed by atoms with Crippen molar-refractivity contribution in [3.63, 3.8) is 0 Å². The number of furan rings is 1. The van der Waals surface area contributed by atoms with Crippen LogP contribution in [0, 0.1) is 0 Å². The van der Waals surface area contributed by atoms with Gasteiger partial charge in [-0.25, -0.2) is 9.78 Å². The molecule has 1 N–H and O–H groups in total. The third kappa shape index (κ3) is 3.10. The predicted molar refractivity (Wildman–Crippen MR) is 81.0 cm³/mol. The van der Waals surface area contributed by atoms with Crippen LogP contribution >= 0.6 is 11.3 Å². The van der Waals surface area contributed by atoms with Crippen LogP contribution < -0.4 is 5.32 Å². The summed E-state index contributed by atoms with van der Waals surface area (Å²) >= 11 is 1.55. The third-order valence-corrected chi connectivity index (χ3v) is 4.67. The van der Waals surface area contributed by atoms with E-state index in [0.717, 1.165) is 23.6 Å². The Hall–Kier alpha value is -1.82. The maximum atomic E-state index is 12.6. The van der Waals surface area contributed by atoms with Crippen LogP contribution in [0.3, 0.4) is 0 Å². The van der Waals surface area contributed by atoms with Crippen molar-refractivity contribution in [2.45, 2.75) is 44.8 Å². The lowest BCUT2D eigenvalue weighted by Gasteiger charge is -2.29. The number of nitrogens with one attached hydrogen (secondary N) is 1. The van der Waals surface area contributed by atoms with Crippen molar-refractivity contribution in [3.05, 3.63) is 40.7 Å². The van der Waals surface area contributed by atoms with E-state index in [2.05, 4.69) is 10.3 Å². The Kier molecular flexibility index (Phi) is 3.96. The lowest BCUT2D eigenvalue weighted by Crippen LogP contribution is -2.43. The number of aromatic nitrogens is 1. The maximum absolute atomic E-state index is 12.6. The fourth-order valence-electron chi connectivity index (χ4n) is 2.45. The van der Waals surface area contributed by atoms with Gasteiger partial charge in [0, 0.05) is 17.6 Å². The molecular formula is C15H19N3O2S. The third-order valence-electron chi connectivity index (χ3n) is 3.71. The van der Waals surface area contributed by atoms with Crippen molar-refractivity contribution in [3.8, 4) is 0 Å². The first-order valence-electron chi connectivity index (χ1n) is 7.18. The van der Waals surface area contributed by atoms with Gasteiger partial charge in [0.15, 0.2) is 0 Å². The lowest BCUT2D eigenvalue weighted by atomic mass is 10.2. The molecule has 3 rings (SSSR count). The van der Waals surface area contributed by atoms with Crippen LogP contribution in [0.5, 0.6) is 0 Å². The summed E-state index contributed by atoms with van der Waals surface area (Å²) in [4.78, 5) is 18.8. The minimum atomic E-state index is -0.0810. The summed E-state index contributed by atoms with van der Waals surface area (Å²) in [5.41, 5.74) is 0. The molecule has 1 saturated carbocycles. The van der Waals surface area contributed by atoms with E-state index < -0.39 is 0 Å². The first-order chi connectivity index (χ1) is 10.2. The van der Waals surface area contributed by atoms with Crippen LogP contribution in [-0.4, -0.2) is 22.0 Å². The van der Waals surface area contributed by atoms with E-state index in [1.165, 1.54) is 0 Å². The van der Waals surface area contributed by atoms with Gasteiger partial charge < -0.3 is 14.6 Å². The average Bonchev–Trinajstić information content (AvgIpc) is 3.01. The number of amides is 2. The molecule has 0 spiro atoms. The van der Waals surface area contributed by atoms with Crippen LogP contribution in [-0.2, 0) is 0 Å². The lowest BCUT2D eigenvalue weighted by molar-refractivity contribution is 0.163. The van der Waals surface area contributed by atoms with Gasteiger partial charge in [0.1, 0.15) is 10.8 Å². The summed E-state index contributed by atoms with van der Waals surface area (Å²) in [6.07, 6.45) is 5.52. The molecule has 0 saturated heterocycles. The van der Waals surface area contributed by atoms with E-state index in [4.69, 9.17) is 4.42 Å². The van der Waals surface area contributed by atoms with Crippen molar-refractivity contribution in [1.82, 2.24) is 15.2 Å². The molecule has 5 nitrogen and oxygen atoms in total. The topological polar surface area (TPSA) is 58.4 Å². The molecule has 0 bridgehead atoms. The molecule has 2 aromatic rings. The highest BCUT2D eigenvalue weighted by atomic mass is 32.1. The molecule has 21 heavy (non-hydrogen) atoms. The van der Waals surface area contributed by atoms with Gasteiger partial charge in [0.05, 0.1) is 18.3 Å². The normalized spacial score (nSPS) is 17.2. The van der Waals surface area contributed by atoms with Crippen LogP contribution in [0.25, 0.3) is 0 Å². The van der Waals surface area contributed by atoms with Crippen LogP contribution in [0.2, 0.25) is 0 Å². The second-order valence-electron chi connectivity index (χ2n) is 5.37. The van der Waals surface area contributed by atoms with E-state index in [9.17, 15) is 4.79 Å². The summed E-state index contributed by atoms with van der Waals surface area (Å²) in [7, 11) is 0. The zero-order valence-electron chi connectivity index (χ0n) is 12.2. The van der Waals surface area contributed by atoms with E-state index in [-0.39, 0.29) is 18.1 Å². The number of rotatable bonds is 5. The first kappa shape index (κ1) is 14.1. The number of hydrogen-bond donors (Lipinski definition) is 1. The van der Waals surface area contributed by atoms with Crippen molar-refractivity contribution >= 4 is 17.4 Å². The SMILES string of the molecule is CC(NC(=O)N(C1CC1)C(C)c1ccco1)c1nccs1. The highest BCUT2D eigenvalue weighted by Gasteiger charge is 2.37. The van der Waals surface area contributed by atoms with E-state index in [1.807, 2.05) is 36.3 Å². The Labute approximate surface area is 128 Å². The van der Waals surface area contributed by atoms with Gasteiger partial charge in [0.2, 0.25) is 0 Å². The smallest absolute Gasteiger partial charge is 0.318 e. The average molecular weight is 305 g/mol. The molecule has 2 atom stereocenters. The molecule has 112 valence electrons. The standard InChI is InChI=1S/C15H19N3O2S/c1-10(14-16-7-9-21-14)17-15(19)18(12-5-6-12)11(2)13-4-3-8-20-13/h3-4,7-12H,5-6H2,1-2H3,(H,17,19). The molecular weight excluding hydrogens is 286 g/mol. The van der Waals surface area contributed by atoms with Gasteiger partial charge in [-0.1, -0.05) is 0 Å². The van der Waals surface area contributed by atoms with Gasteiger partial charge in [-0.15, -0.1) is 11.3 Å². The first-order valence-corrected chi connectivity index (χ1v) is 8.06. The fraction of sp³-hybridized carbons (Fsp3) is 0.467. The number of carbonyl (C=O) groups is 1. The molecule has 0 aromatic carbocycles. The summed E-state index contributed by atoms with van der Waals surface area (Å²) in [6.45, 7) is 3.96. The quantitative estimate of drug-likeness (QED) is 0.915.